The fourth-order valence-corrected chi connectivity index (χ4v) is 1.14. The second-order valence-electron chi connectivity index (χ2n) is 3.30. The average Bonchev–Trinajstić information content (AvgIpc) is 2.15. The predicted molar refractivity (Wildman–Crippen MR) is 52.7 cm³/mol. The van der Waals surface area contributed by atoms with E-state index in [4.69, 9.17) is 10.0 Å². The summed E-state index contributed by atoms with van der Waals surface area (Å²) in [4.78, 5) is 3.68. The molecule has 0 amide bonds. The lowest BCUT2D eigenvalue weighted by Gasteiger charge is -2.09. The summed E-state index contributed by atoms with van der Waals surface area (Å²) in [6, 6.07) is 2.97. The van der Waals surface area contributed by atoms with Crippen LogP contribution in [0.2, 0.25) is 0 Å². The molecule has 0 aromatic carbocycles. The summed E-state index contributed by atoms with van der Waals surface area (Å²) in [6.45, 7) is 3.93. The Morgan fingerprint density at radius 2 is 2.14 bits per heavy atom. The number of aromatic nitrogens is 1. The molecule has 2 N–H and O–H groups in total. The fraction of sp³-hybridized carbons (Fsp3) is 0.444. The number of hydrogen-bond donors (Lipinski definition) is 2. The van der Waals surface area contributed by atoms with Gasteiger partial charge in [-0.2, -0.15) is 4.39 Å². The highest BCUT2D eigenvalue weighted by molar-refractivity contribution is 6.58. The molecule has 3 nitrogen and oxygen atoms in total. The van der Waals surface area contributed by atoms with Crippen LogP contribution in [0.4, 0.5) is 4.39 Å². The van der Waals surface area contributed by atoms with Crippen LogP contribution in [0.25, 0.3) is 0 Å². The van der Waals surface area contributed by atoms with Gasteiger partial charge in [-0.05, 0) is 18.4 Å². The molecular weight excluding hydrogens is 184 g/mol. The standard InChI is InChI=1S/C9H13BFNO2/c1-3-6(2)8-5-4-7(10(13)14)9(11)12-8/h4-6,13-14H,3H2,1-2H3. The van der Waals surface area contributed by atoms with Crippen LogP contribution in [-0.4, -0.2) is 22.2 Å². The lowest BCUT2D eigenvalue weighted by atomic mass is 9.81. The quantitative estimate of drug-likeness (QED) is 0.545. The number of halogens is 1. The molecule has 0 aliphatic carbocycles. The molecule has 0 radical (unpaired) electrons. The topological polar surface area (TPSA) is 53.4 Å². The summed E-state index contributed by atoms with van der Waals surface area (Å²) in [7, 11) is -1.80. The van der Waals surface area contributed by atoms with Gasteiger partial charge < -0.3 is 10.0 Å². The Labute approximate surface area is 82.8 Å². The van der Waals surface area contributed by atoms with E-state index in [-0.39, 0.29) is 11.4 Å². The lowest BCUT2D eigenvalue weighted by molar-refractivity contribution is 0.421. The van der Waals surface area contributed by atoms with Gasteiger partial charge in [-0.1, -0.05) is 19.9 Å². The summed E-state index contributed by atoms with van der Waals surface area (Å²) in [5.41, 5.74) is 0.450. The van der Waals surface area contributed by atoms with E-state index in [9.17, 15) is 4.39 Å². The molecule has 5 heteroatoms. The third kappa shape index (κ3) is 2.30. The molecule has 1 unspecified atom stereocenters. The Morgan fingerprint density at radius 3 is 2.57 bits per heavy atom. The summed E-state index contributed by atoms with van der Waals surface area (Å²) in [5.74, 6) is -0.632. The minimum absolute atomic E-state index is 0.175. The maximum atomic E-state index is 13.2. The maximum Gasteiger partial charge on any atom is 0.493 e. The third-order valence-corrected chi connectivity index (χ3v) is 2.29. The van der Waals surface area contributed by atoms with Crippen LogP contribution < -0.4 is 5.46 Å². The van der Waals surface area contributed by atoms with Crippen molar-refractivity contribution in [2.75, 3.05) is 0 Å². The van der Waals surface area contributed by atoms with Crippen molar-refractivity contribution in [2.45, 2.75) is 26.2 Å². The van der Waals surface area contributed by atoms with Crippen LogP contribution in [0, 0.1) is 5.95 Å². The molecule has 14 heavy (non-hydrogen) atoms. The van der Waals surface area contributed by atoms with Gasteiger partial charge in [0.15, 0.2) is 0 Å². The molecular formula is C9H13BFNO2. The monoisotopic (exact) mass is 197 g/mol. The smallest absolute Gasteiger partial charge is 0.423 e. The van der Waals surface area contributed by atoms with Crippen LogP contribution >= 0.6 is 0 Å². The second kappa shape index (κ2) is 4.53. The van der Waals surface area contributed by atoms with Gasteiger partial charge in [-0.15, -0.1) is 0 Å². The first-order valence-corrected chi connectivity index (χ1v) is 4.58. The van der Waals surface area contributed by atoms with Crippen molar-refractivity contribution in [3.8, 4) is 0 Å². The Bertz CT molecular complexity index is 320. The zero-order valence-corrected chi connectivity index (χ0v) is 8.24. The molecule has 0 saturated carbocycles. The highest BCUT2D eigenvalue weighted by Crippen LogP contribution is 2.15. The van der Waals surface area contributed by atoms with Crippen LogP contribution in [-0.2, 0) is 0 Å². The Morgan fingerprint density at radius 1 is 1.50 bits per heavy atom. The Hall–Kier alpha value is -0.935. The molecule has 0 saturated heterocycles. The molecule has 1 atom stereocenters. The van der Waals surface area contributed by atoms with Crippen LogP contribution in [0.3, 0.4) is 0 Å². The maximum absolute atomic E-state index is 13.2. The van der Waals surface area contributed by atoms with Crippen molar-refractivity contribution >= 4 is 12.6 Å². The van der Waals surface area contributed by atoms with Gasteiger partial charge in [0.2, 0.25) is 5.95 Å². The summed E-state index contributed by atoms with van der Waals surface area (Å²) in [5, 5.41) is 17.5. The largest absolute Gasteiger partial charge is 0.493 e. The van der Waals surface area contributed by atoms with Crippen LogP contribution in [0.1, 0.15) is 31.9 Å². The molecule has 0 bridgehead atoms. The van der Waals surface area contributed by atoms with E-state index in [0.717, 1.165) is 6.42 Å². The lowest BCUT2D eigenvalue weighted by Crippen LogP contribution is -2.33. The number of pyridine rings is 1. The second-order valence-corrected chi connectivity index (χ2v) is 3.30. The molecule has 1 aromatic heterocycles. The zero-order chi connectivity index (χ0) is 10.7. The van der Waals surface area contributed by atoms with Crippen LogP contribution in [0.5, 0.6) is 0 Å². The SMILES string of the molecule is CCC(C)c1ccc(B(O)O)c(F)n1. The number of nitrogens with zero attached hydrogens (tertiary/aromatic N) is 1. The fourth-order valence-electron chi connectivity index (χ4n) is 1.14. The first-order chi connectivity index (χ1) is 6.56. The van der Waals surface area contributed by atoms with Gasteiger partial charge in [0.25, 0.3) is 0 Å². The van der Waals surface area contributed by atoms with Crippen LogP contribution in [0.15, 0.2) is 12.1 Å². The van der Waals surface area contributed by atoms with E-state index >= 15 is 0 Å². The van der Waals surface area contributed by atoms with E-state index in [2.05, 4.69) is 4.98 Å². The molecule has 1 heterocycles. The Balaban J connectivity index is 3.00. The first-order valence-electron chi connectivity index (χ1n) is 4.58. The number of rotatable bonds is 3. The van der Waals surface area contributed by atoms with Gasteiger partial charge in [0.05, 0.1) is 0 Å². The van der Waals surface area contributed by atoms with Gasteiger partial charge in [-0.3, -0.25) is 0 Å². The van der Waals surface area contributed by atoms with E-state index in [0.29, 0.717) is 5.69 Å². The molecule has 0 spiro atoms. The molecule has 76 valence electrons. The molecule has 0 aliphatic rings. The van der Waals surface area contributed by atoms with Gasteiger partial charge in [0.1, 0.15) is 0 Å². The molecule has 0 fully saturated rings. The van der Waals surface area contributed by atoms with Crippen molar-refractivity contribution in [3.05, 3.63) is 23.8 Å². The minimum Gasteiger partial charge on any atom is -0.423 e. The van der Waals surface area contributed by atoms with E-state index in [1.54, 1.807) is 6.07 Å². The summed E-state index contributed by atoms with van der Waals surface area (Å²) >= 11 is 0. The predicted octanol–water partition coefficient (Wildman–Crippen LogP) is 0.414. The Kier molecular flexibility index (Phi) is 3.60. The number of hydrogen-bond acceptors (Lipinski definition) is 3. The van der Waals surface area contributed by atoms with Gasteiger partial charge in [0, 0.05) is 11.2 Å². The van der Waals surface area contributed by atoms with E-state index in [1.807, 2.05) is 13.8 Å². The van der Waals surface area contributed by atoms with Crippen molar-refractivity contribution in [1.82, 2.24) is 4.98 Å². The first kappa shape index (κ1) is 11.1. The normalized spacial score (nSPS) is 12.6. The minimum atomic E-state index is -1.80. The van der Waals surface area contributed by atoms with Crippen molar-refractivity contribution in [2.24, 2.45) is 0 Å². The van der Waals surface area contributed by atoms with Gasteiger partial charge >= 0.3 is 7.12 Å². The molecule has 1 aromatic rings. The van der Waals surface area contributed by atoms with E-state index in [1.165, 1.54) is 6.07 Å². The van der Waals surface area contributed by atoms with Crippen molar-refractivity contribution in [1.29, 1.82) is 0 Å². The summed E-state index contributed by atoms with van der Waals surface area (Å²) < 4.78 is 13.2. The highest BCUT2D eigenvalue weighted by Gasteiger charge is 2.18. The van der Waals surface area contributed by atoms with Gasteiger partial charge in [-0.25, -0.2) is 4.98 Å². The van der Waals surface area contributed by atoms with Crippen molar-refractivity contribution in [3.63, 3.8) is 0 Å². The van der Waals surface area contributed by atoms with Crippen molar-refractivity contribution < 1.29 is 14.4 Å². The third-order valence-electron chi connectivity index (χ3n) is 2.29. The molecule has 0 aliphatic heterocycles. The zero-order valence-electron chi connectivity index (χ0n) is 8.24. The van der Waals surface area contributed by atoms with E-state index < -0.39 is 13.1 Å². The summed E-state index contributed by atoms with van der Waals surface area (Å²) in [6.07, 6.45) is 0.869. The highest BCUT2D eigenvalue weighted by atomic mass is 19.1. The molecule has 1 rings (SSSR count). The average molecular weight is 197 g/mol.